The van der Waals surface area contributed by atoms with Gasteiger partial charge in [0.25, 0.3) is 5.91 Å². The number of aliphatic imine (C=N–C) groups is 1. The van der Waals surface area contributed by atoms with Crippen molar-refractivity contribution in [2.45, 2.75) is 24.5 Å². The number of amides is 1. The summed E-state index contributed by atoms with van der Waals surface area (Å²) in [6.45, 7) is -0.521. The van der Waals surface area contributed by atoms with Gasteiger partial charge in [-0.2, -0.15) is 4.98 Å². The van der Waals surface area contributed by atoms with E-state index in [9.17, 15) is 19.8 Å². The topological polar surface area (TPSA) is 198 Å². The summed E-state index contributed by atoms with van der Waals surface area (Å²) in [5.41, 5.74) is 10.5. The molecule has 8 N–H and O–H groups in total. The number of guanidine groups is 1. The van der Waals surface area contributed by atoms with Crippen LogP contribution in [0.3, 0.4) is 0 Å². The second kappa shape index (κ2) is 8.36. The Hall–Kier alpha value is -3.32. The average Bonchev–Trinajstić information content (AvgIpc) is 2.96. The van der Waals surface area contributed by atoms with Crippen LogP contribution in [-0.4, -0.2) is 61.7 Å². The van der Waals surface area contributed by atoms with E-state index in [1.807, 2.05) is 0 Å². The van der Waals surface area contributed by atoms with Crippen LogP contribution < -0.4 is 22.5 Å². The summed E-state index contributed by atoms with van der Waals surface area (Å²) in [6, 6.07) is 7.42. The fourth-order valence-electron chi connectivity index (χ4n) is 2.81. The lowest BCUT2D eigenvalue weighted by atomic mass is 10.1. The molecule has 3 rings (SSSR count). The van der Waals surface area contributed by atoms with E-state index in [1.54, 1.807) is 12.1 Å². The number of aliphatic hydroxyl groups is 3. The van der Waals surface area contributed by atoms with Crippen LogP contribution in [0.1, 0.15) is 16.6 Å². The van der Waals surface area contributed by atoms with Gasteiger partial charge in [0.05, 0.1) is 12.3 Å². The molecule has 12 heteroatoms. The molecule has 12 nitrogen and oxygen atoms in total. The van der Waals surface area contributed by atoms with Crippen molar-refractivity contribution in [3.63, 3.8) is 0 Å². The highest BCUT2D eigenvalue weighted by Gasteiger charge is 2.43. The van der Waals surface area contributed by atoms with Crippen LogP contribution in [0.15, 0.2) is 46.3 Å². The molecular weight excluding hydrogens is 384 g/mol. The molecule has 0 spiro atoms. The van der Waals surface area contributed by atoms with Crippen molar-refractivity contribution in [3.8, 4) is 0 Å². The van der Waals surface area contributed by atoms with E-state index in [-0.39, 0.29) is 17.3 Å². The lowest BCUT2D eigenvalue weighted by Crippen LogP contribution is -2.36. The smallest absolute Gasteiger partial charge is 0.351 e. The molecule has 4 unspecified atom stereocenters. The Labute approximate surface area is 164 Å². The molecule has 1 aliphatic heterocycles. The number of aromatic nitrogens is 2. The molecule has 1 aromatic heterocycles. The maximum atomic E-state index is 12.3. The fourth-order valence-corrected chi connectivity index (χ4v) is 2.81. The molecule has 1 aromatic carbocycles. The van der Waals surface area contributed by atoms with Crippen LogP contribution in [0, 0.1) is 0 Å². The van der Waals surface area contributed by atoms with Gasteiger partial charge in [-0.1, -0.05) is 0 Å². The second-order valence-electron chi connectivity index (χ2n) is 6.27. The van der Waals surface area contributed by atoms with E-state index in [4.69, 9.17) is 21.3 Å². The van der Waals surface area contributed by atoms with Crippen LogP contribution in [-0.2, 0) is 4.74 Å². The molecule has 0 saturated carbocycles. The van der Waals surface area contributed by atoms with E-state index in [0.29, 0.717) is 5.69 Å². The number of aliphatic hydroxyl groups excluding tert-OH is 3. The number of nitrogens with one attached hydrogen (secondary N) is 1. The number of carbonyl (C=O) groups excluding carboxylic acids is 1. The fraction of sp³-hybridized carbons (Fsp3) is 0.294. The summed E-state index contributed by atoms with van der Waals surface area (Å²) in [5, 5.41) is 31.4. The molecule has 2 aromatic rings. The van der Waals surface area contributed by atoms with Crippen LogP contribution in [0.5, 0.6) is 0 Å². The number of nitrogens with zero attached hydrogens (tertiary/aromatic N) is 3. The number of nitrogens with two attached hydrogens (primary N) is 2. The minimum absolute atomic E-state index is 0.0173. The van der Waals surface area contributed by atoms with Crippen molar-refractivity contribution in [1.82, 2.24) is 9.55 Å². The summed E-state index contributed by atoms with van der Waals surface area (Å²) in [5.74, 6) is -0.642. The minimum atomic E-state index is -1.42. The average molecular weight is 404 g/mol. The number of benzene rings is 1. The van der Waals surface area contributed by atoms with Gasteiger partial charge in [-0.25, -0.2) is 9.79 Å². The molecule has 0 bridgehead atoms. The Morgan fingerprint density at radius 1 is 1.21 bits per heavy atom. The Bertz CT molecular complexity index is 971. The first-order chi connectivity index (χ1) is 13.8. The third-order valence-electron chi connectivity index (χ3n) is 4.25. The SMILES string of the molecule is NC(N)=Nc1ccc(C(=O)Nc2ccn(C3OC(CO)C(O)C3O)c(=O)n2)cc1. The summed E-state index contributed by atoms with van der Waals surface area (Å²) in [4.78, 5) is 32.2. The first-order valence-electron chi connectivity index (χ1n) is 8.53. The summed E-state index contributed by atoms with van der Waals surface area (Å²) in [7, 11) is 0. The summed E-state index contributed by atoms with van der Waals surface area (Å²) >= 11 is 0. The number of carbonyl (C=O) groups is 1. The number of ether oxygens (including phenoxy) is 1. The second-order valence-corrected chi connectivity index (χ2v) is 6.27. The standard InChI is InChI=1S/C17H20N6O6/c18-16(19)20-9-3-1-8(2-4-9)14(27)21-11-5-6-23(17(28)22-11)15-13(26)12(25)10(7-24)29-15/h1-6,10,12-13,15,24-26H,7H2,(H4,18,19,20)(H,21,22,27,28). The highest BCUT2D eigenvalue weighted by molar-refractivity contribution is 6.03. The van der Waals surface area contributed by atoms with Gasteiger partial charge in [0.1, 0.15) is 24.1 Å². The minimum Gasteiger partial charge on any atom is -0.394 e. The summed E-state index contributed by atoms with van der Waals surface area (Å²) < 4.78 is 6.25. The Kier molecular flexibility index (Phi) is 5.89. The Morgan fingerprint density at radius 3 is 2.45 bits per heavy atom. The van der Waals surface area contributed by atoms with E-state index in [2.05, 4.69) is 15.3 Å². The lowest BCUT2D eigenvalue weighted by molar-refractivity contribution is -0.0549. The van der Waals surface area contributed by atoms with Crippen LogP contribution in [0.4, 0.5) is 11.5 Å². The number of hydrogen-bond donors (Lipinski definition) is 6. The Morgan fingerprint density at radius 2 is 1.90 bits per heavy atom. The monoisotopic (exact) mass is 404 g/mol. The van der Waals surface area contributed by atoms with Crippen molar-refractivity contribution >= 4 is 23.4 Å². The highest BCUT2D eigenvalue weighted by Crippen LogP contribution is 2.28. The van der Waals surface area contributed by atoms with E-state index < -0.39 is 42.7 Å². The Balaban J connectivity index is 1.73. The molecular formula is C17H20N6O6. The van der Waals surface area contributed by atoms with E-state index >= 15 is 0 Å². The van der Waals surface area contributed by atoms with Gasteiger partial charge in [-0.05, 0) is 30.3 Å². The van der Waals surface area contributed by atoms with Gasteiger partial charge in [-0.3, -0.25) is 9.36 Å². The molecule has 1 saturated heterocycles. The molecule has 1 aliphatic rings. The zero-order chi connectivity index (χ0) is 21.1. The van der Waals surface area contributed by atoms with Gasteiger partial charge in [0.2, 0.25) is 0 Å². The van der Waals surface area contributed by atoms with Crippen molar-refractivity contribution in [2.75, 3.05) is 11.9 Å². The maximum absolute atomic E-state index is 12.3. The van der Waals surface area contributed by atoms with Crippen molar-refractivity contribution < 1.29 is 24.9 Å². The van der Waals surface area contributed by atoms with E-state index in [1.165, 1.54) is 24.4 Å². The predicted octanol–water partition coefficient (Wildman–Crippen LogP) is -1.99. The summed E-state index contributed by atoms with van der Waals surface area (Å²) in [6.07, 6.45) is -3.75. The van der Waals surface area contributed by atoms with E-state index in [0.717, 1.165) is 4.57 Å². The molecule has 154 valence electrons. The van der Waals surface area contributed by atoms with Gasteiger partial charge in [0.15, 0.2) is 12.2 Å². The van der Waals surface area contributed by atoms with Crippen molar-refractivity contribution in [3.05, 3.63) is 52.6 Å². The number of anilines is 1. The molecule has 4 atom stereocenters. The lowest BCUT2D eigenvalue weighted by Gasteiger charge is -2.17. The van der Waals surface area contributed by atoms with Crippen LogP contribution in [0.2, 0.25) is 0 Å². The van der Waals surface area contributed by atoms with Crippen molar-refractivity contribution in [2.24, 2.45) is 16.5 Å². The molecule has 29 heavy (non-hydrogen) atoms. The largest absolute Gasteiger partial charge is 0.394 e. The molecule has 0 aliphatic carbocycles. The quantitative estimate of drug-likeness (QED) is 0.241. The molecule has 2 heterocycles. The predicted molar refractivity (Wildman–Crippen MR) is 101 cm³/mol. The van der Waals surface area contributed by atoms with Crippen LogP contribution in [0.25, 0.3) is 0 Å². The zero-order valence-electron chi connectivity index (χ0n) is 15.0. The van der Waals surface area contributed by atoms with Gasteiger partial charge < -0.3 is 36.8 Å². The zero-order valence-corrected chi connectivity index (χ0v) is 15.0. The number of hydrogen-bond acceptors (Lipinski definition) is 8. The maximum Gasteiger partial charge on any atom is 0.351 e. The first kappa shape index (κ1) is 20.4. The van der Waals surface area contributed by atoms with Crippen molar-refractivity contribution in [1.29, 1.82) is 0 Å². The van der Waals surface area contributed by atoms with Crippen LogP contribution >= 0.6 is 0 Å². The molecule has 0 radical (unpaired) electrons. The molecule has 1 fully saturated rings. The highest BCUT2D eigenvalue weighted by atomic mass is 16.6. The van der Waals surface area contributed by atoms with Gasteiger partial charge in [-0.15, -0.1) is 0 Å². The third-order valence-corrected chi connectivity index (χ3v) is 4.25. The van der Waals surface area contributed by atoms with Gasteiger partial charge in [0, 0.05) is 11.8 Å². The molecule has 1 amide bonds. The van der Waals surface area contributed by atoms with Gasteiger partial charge >= 0.3 is 5.69 Å². The first-order valence-corrected chi connectivity index (χ1v) is 8.53. The third kappa shape index (κ3) is 4.41. The number of rotatable bonds is 5. The normalized spacial score (nSPS) is 23.6.